The van der Waals surface area contributed by atoms with Crippen molar-refractivity contribution in [2.24, 2.45) is 0 Å². The van der Waals surface area contributed by atoms with Crippen LogP contribution in [0.3, 0.4) is 0 Å². The number of nitro groups is 1. The standard InChI is InChI=1S/C17H14ClN5O3S/c1-10-5-6-11(7-14(10)23(25)26)16(24)19-9-15-20-21-17(27)22(15)13-4-2-3-12(18)8-13/h2-8H,9H2,1H3,(H,19,24)(H,21,27). The molecule has 27 heavy (non-hydrogen) atoms. The SMILES string of the molecule is Cc1ccc(C(=O)NCc2n[nH]c(=S)n2-c2cccc(Cl)c2)cc1[N+](=O)[O-]. The molecule has 1 amide bonds. The van der Waals surface area contributed by atoms with Gasteiger partial charge in [-0.05, 0) is 43.4 Å². The topological polar surface area (TPSA) is 106 Å². The first-order valence-corrected chi connectivity index (χ1v) is 8.61. The lowest BCUT2D eigenvalue weighted by atomic mass is 10.1. The van der Waals surface area contributed by atoms with Gasteiger partial charge in [0.05, 0.1) is 17.2 Å². The Bertz CT molecular complexity index is 1090. The third-order valence-electron chi connectivity index (χ3n) is 3.88. The van der Waals surface area contributed by atoms with Gasteiger partial charge in [-0.2, -0.15) is 5.10 Å². The molecule has 3 rings (SSSR count). The highest BCUT2D eigenvalue weighted by Crippen LogP contribution is 2.20. The Morgan fingerprint density at radius 1 is 1.37 bits per heavy atom. The van der Waals surface area contributed by atoms with Crippen LogP contribution in [-0.2, 0) is 6.54 Å². The number of benzene rings is 2. The van der Waals surface area contributed by atoms with Crippen molar-refractivity contribution in [3.8, 4) is 5.69 Å². The zero-order valence-corrected chi connectivity index (χ0v) is 15.7. The number of aromatic nitrogens is 3. The van der Waals surface area contributed by atoms with Gasteiger partial charge in [-0.1, -0.05) is 23.7 Å². The van der Waals surface area contributed by atoms with Gasteiger partial charge in [0.25, 0.3) is 11.6 Å². The summed E-state index contributed by atoms with van der Waals surface area (Å²) in [5, 5.41) is 21.1. The molecule has 0 aliphatic rings. The molecule has 0 radical (unpaired) electrons. The Balaban J connectivity index is 1.82. The monoisotopic (exact) mass is 403 g/mol. The molecule has 0 saturated heterocycles. The van der Waals surface area contributed by atoms with Crippen LogP contribution in [0.1, 0.15) is 21.7 Å². The van der Waals surface area contributed by atoms with Crippen LogP contribution in [0.5, 0.6) is 0 Å². The number of aryl methyl sites for hydroxylation is 1. The fourth-order valence-electron chi connectivity index (χ4n) is 2.54. The maximum absolute atomic E-state index is 12.4. The maximum atomic E-state index is 12.4. The van der Waals surface area contributed by atoms with E-state index in [2.05, 4.69) is 15.5 Å². The molecule has 3 aromatic rings. The van der Waals surface area contributed by atoms with Crippen molar-refractivity contribution in [2.75, 3.05) is 0 Å². The third-order valence-corrected chi connectivity index (χ3v) is 4.39. The van der Waals surface area contributed by atoms with Gasteiger partial charge in [0, 0.05) is 22.2 Å². The summed E-state index contributed by atoms with van der Waals surface area (Å²) < 4.78 is 2.01. The van der Waals surface area contributed by atoms with Crippen LogP contribution < -0.4 is 5.32 Å². The van der Waals surface area contributed by atoms with E-state index in [0.29, 0.717) is 26.9 Å². The lowest BCUT2D eigenvalue weighted by Crippen LogP contribution is -2.24. The maximum Gasteiger partial charge on any atom is 0.273 e. The molecule has 1 aromatic heterocycles. The number of amides is 1. The predicted molar refractivity (Wildman–Crippen MR) is 103 cm³/mol. The van der Waals surface area contributed by atoms with E-state index >= 15 is 0 Å². The van der Waals surface area contributed by atoms with E-state index in [1.807, 2.05) is 6.07 Å². The van der Waals surface area contributed by atoms with E-state index in [-0.39, 0.29) is 17.8 Å². The van der Waals surface area contributed by atoms with Gasteiger partial charge in [0.1, 0.15) is 0 Å². The number of hydrogen-bond acceptors (Lipinski definition) is 5. The van der Waals surface area contributed by atoms with Crippen molar-refractivity contribution < 1.29 is 9.72 Å². The molecular weight excluding hydrogens is 390 g/mol. The summed E-state index contributed by atoms with van der Waals surface area (Å²) in [6.45, 7) is 1.68. The van der Waals surface area contributed by atoms with E-state index in [1.54, 1.807) is 29.7 Å². The lowest BCUT2D eigenvalue weighted by molar-refractivity contribution is -0.385. The molecule has 0 fully saturated rings. The van der Waals surface area contributed by atoms with E-state index < -0.39 is 10.8 Å². The molecule has 2 aromatic carbocycles. The Morgan fingerprint density at radius 2 is 2.15 bits per heavy atom. The van der Waals surface area contributed by atoms with Crippen molar-refractivity contribution in [3.05, 3.63) is 79.3 Å². The normalized spacial score (nSPS) is 10.6. The second-order valence-corrected chi connectivity index (χ2v) is 6.52. The molecule has 2 N–H and O–H groups in total. The van der Waals surface area contributed by atoms with Gasteiger partial charge in [0.2, 0.25) is 0 Å². The highest BCUT2D eigenvalue weighted by molar-refractivity contribution is 7.71. The summed E-state index contributed by atoms with van der Waals surface area (Å²) in [7, 11) is 0. The van der Waals surface area contributed by atoms with E-state index in [1.165, 1.54) is 18.2 Å². The Labute approximate surface area is 163 Å². The number of carbonyl (C=O) groups excluding carboxylic acids is 1. The number of nitrogens with one attached hydrogen (secondary N) is 2. The first-order valence-electron chi connectivity index (χ1n) is 7.82. The molecule has 0 spiro atoms. The number of hydrogen-bond donors (Lipinski definition) is 2. The van der Waals surface area contributed by atoms with Gasteiger partial charge in [-0.3, -0.25) is 24.6 Å². The summed E-state index contributed by atoms with van der Waals surface area (Å²) in [4.78, 5) is 22.9. The number of carbonyl (C=O) groups is 1. The van der Waals surface area contributed by atoms with Gasteiger partial charge < -0.3 is 5.32 Å². The zero-order valence-electron chi connectivity index (χ0n) is 14.1. The zero-order chi connectivity index (χ0) is 19.6. The number of halogens is 1. The molecule has 0 aliphatic carbocycles. The molecule has 0 atom stereocenters. The Morgan fingerprint density at radius 3 is 2.85 bits per heavy atom. The van der Waals surface area contributed by atoms with Crippen LogP contribution in [-0.4, -0.2) is 25.6 Å². The van der Waals surface area contributed by atoms with Gasteiger partial charge >= 0.3 is 0 Å². The molecule has 0 unspecified atom stereocenters. The molecule has 10 heteroatoms. The van der Waals surface area contributed by atoms with Crippen LogP contribution in [0.15, 0.2) is 42.5 Å². The van der Waals surface area contributed by atoms with Crippen LogP contribution >= 0.6 is 23.8 Å². The van der Waals surface area contributed by atoms with Crippen molar-refractivity contribution >= 4 is 35.4 Å². The van der Waals surface area contributed by atoms with Crippen LogP contribution in [0, 0.1) is 21.8 Å². The first-order chi connectivity index (χ1) is 12.9. The molecule has 0 saturated carbocycles. The number of aromatic amines is 1. The summed E-state index contributed by atoms with van der Waals surface area (Å²) in [5.41, 5.74) is 1.27. The van der Waals surface area contributed by atoms with Crippen molar-refractivity contribution in [2.45, 2.75) is 13.5 Å². The lowest BCUT2D eigenvalue weighted by Gasteiger charge is -2.09. The number of rotatable bonds is 5. The quantitative estimate of drug-likeness (QED) is 0.383. The molecule has 138 valence electrons. The van der Waals surface area contributed by atoms with E-state index in [4.69, 9.17) is 23.8 Å². The van der Waals surface area contributed by atoms with Crippen LogP contribution in [0.25, 0.3) is 5.69 Å². The summed E-state index contributed by atoms with van der Waals surface area (Å²) >= 11 is 11.3. The minimum absolute atomic E-state index is 0.0696. The second kappa shape index (κ2) is 7.68. The summed E-state index contributed by atoms with van der Waals surface area (Å²) in [6.07, 6.45) is 0. The predicted octanol–water partition coefficient (Wildman–Crippen LogP) is 3.73. The Hall–Kier alpha value is -3.04. The number of nitrogens with zero attached hydrogens (tertiary/aromatic N) is 3. The van der Waals surface area contributed by atoms with Gasteiger partial charge in [-0.25, -0.2) is 0 Å². The molecule has 1 heterocycles. The molecule has 8 nitrogen and oxygen atoms in total. The summed E-state index contributed by atoms with van der Waals surface area (Å²) in [5.74, 6) is 0.0156. The van der Waals surface area contributed by atoms with Crippen LogP contribution in [0.4, 0.5) is 5.69 Å². The molecule has 0 bridgehead atoms. The van der Waals surface area contributed by atoms with Crippen LogP contribution in [0.2, 0.25) is 5.02 Å². The molecular formula is C17H14ClN5O3S. The fourth-order valence-corrected chi connectivity index (χ4v) is 2.98. The smallest absolute Gasteiger partial charge is 0.273 e. The van der Waals surface area contributed by atoms with Gasteiger partial charge in [-0.15, -0.1) is 0 Å². The van der Waals surface area contributed by atoms with E-state index in [9.17, 15) is 14.9 Å². The van der Waals surface area contributed by atoms with Crippen molar-refractivity contribution in [1.82, 2.24) is 20.1 Å². The average molecular weight is 404 g/mol. The Kier molecular flexibility index (Phi) is 5.33. The van der Waals surface area contributed by atoms with E-state index in [0.717, 1.165) is 0 Å². The van der Waals surface area contributed by atoms with Crippen molar-refractivity contribution in [1.29, 1.82) is 0 Å². The highest BCUT2D eigenvalue weighted by atomic mass is 35.5. The minimum Gasteiger partial charge on any atom is -0.345 e. The number of nitro benzene ring substituents is 1. The second-order valence-electron chi connectivity index (χ2n) is 5.70. The number of H-pyrrole nitrogens is 1. The van der Waals surface area contributed by atoms with Crippen molar-refractivity contribution in [3.63, 3.8) is 0 Å². The van der Waals surface area contributed by atoms with Gasteiger partial charge in [0.15, 0.2) is 10.6 Å². The minimum atomic E-state index is -0.517. The largest absolute Gasteiger partial charge is 0.345 e. The fraction of sp³-hybridized carbons (Fsp3) is 0.118. The third kappa shape index (κ3) is 4.04. The molecule has 0 aliphatic heterocycles. The average Bonchev–Trinajstić information content (AvgIpc) is 3.00. The highest BCUT2D eigenvalue weighted by Gasteiger charge is 2.16. The summed E-state index contributed by atoms with van der Waals surface area (Å²) in [6, 6.07) is 11.4. The first kappa shape index (κ1) is 18.7.